The topological polar surface area (TPSA) is 12.9 Å². The maximum atomic E-state index is 5.53. The fourth-order valence-corrected chi connectivity index (χ4v) is 1.72. The van der Waals surface area contributed by atoms with Crippen LogP contribution in [-0.2, 0) is 0 Å². The standard InChI is InChI=1S/C5HCl2IN.Li/c6-4-1-3(8)2-5(7)9-4;/h1H;/q-1;+1. The zero-order valence-corrected chi connectivity index (χ0v) is 8.83. The number of halogens is 3. The molecule has 0 aliphatic rings. The van der Waals surface area contributed by atoms with E-state index in [1.54, 1.807) is 6.07 Å². The summed E-state index contributed by atoms with van der Waals surface area (Å²) in [7, 11) is 0. The molecule has 0 bridgehead atoms. The van der Waals surface area contributed by atoms with Crippen LogP contribution in [0.2, 0.25) is 10.3 Å². The van der Waals surface area contributed by atoms with Crippen LogP contribution in [0.4, 0.5) is 0 Å². The van der Waals surface area contributed by atoms with Crippen LogP contribution < -0.4 is 18.9 Å². The Morgan fingerprint density at radius 2 is 2.10 bits per heavy atom. The monoisotopic (exact) mass is 279 g/mol. The summed E-state index contributed by atoms with van der Waals surface area (Å²) in [6.07, 6.45) is 0. The number of aromatic nitrogens is 1. The van der Waals surface area contributed by atoms with Crippen LogP contribution in [0.15, 0.2) is 6.07 Å². The molecular weight excluding hydrogens is 279 g/mol. The summed E-state index contributed by atoms with van der Waals surface area (Å²) in [5.74, 6) is 0. The van der Waals surface area contributed by atoms with Crippen LogP contribution in [0.5, 0.6) is 0 Å². The third kappa shape index (κ3) is 3.45. The van der Waals surface area contributed by atoms with Crippen molar-refractivity contribution in [2.24, 2.45) is 0 Å². The Hall–Kier alpha value is 1.06. The Balaban J connectivity index is 0.000000810. The van der Waals surface area contributed by atoms with Crippen molar-refractivity contribution in [3.05, 3.63) is 26.0 Å². The van der Waals surface area contributed by atoms with E-state index in [1.165, 1.54) is 0 Å². The van der Waals surface area contributed by atoms with Gasteiger partial charge in [0, 0.05) is 10.3 Å². The first-order valence-electron chi connectivity index (χ1n) is 2.09. The molecule has 10 heavy (non-hydrogen) atoms. The largest absolute Gasteiger partial charge is 1.00 e. The van der Waals surface area contributed by atoms with Crippen molar-refractivity contribution in [1.29, 1.82) is 0 Å². The van der Waals surface area contributed by atoms with Gasteiger partial charge in [-0.05, 0) is 0 Å². The molecule has 1 rings (SSSR count). The molecule has 0 saturated heterocycles. The normalized spacial score (nSPS) is 8.70. The molecule has 0 aliphatic heterocycles. The fourth-order valence-electron chi connectivity index (χ4n) is 0.393. The van der Waals surface area contributed by atoms with Gasteiger partial charge in [0.15, 0.2) is 0 Å². The summed E-state index contributed by atoms with van der Waals surface area (Å²) in [6.45, 7) is 0. The van der Waals surface area contributed by atoms with Crippen LogP contribution in [-0.4, -0.2) is 4.98 Å². The van der Waals surface area contributed by atoms with Gasteiger partial charge >= 0.3 is 18.9 Å². The molecular formula is C5HCl2ILiN. The van der Waals surface area contributed by atoms with Gasteiger partial charge in [-0.15, -0.1) is 0 Å². The summed E-state index contributed by atoms with van der Waals surface area (Å²) in [6, 6.07) is 4.46. The van der Waals surface area contributed by atoms with Crippen molar-refractivity contribution >= 4 is 45.8 Å². The van der Waals surface area contributed by atoms with E-state index in [-0.39, 0.29) is 18.9 Å². The molecule has 1 nitrogen and oxygen atoms in total. The summed E-state index contributed by atoms with van der Waals surface area (Å²) >= 11 is 13.1. The Bertz CT molecular complexity index is 180. The molecule has 0 unspecified atom stereocenters. The van der Waals surface area contributed by atoms with Gasteiger partial charge in [0.1, 0.15) is 0 Å². The number of pyridine rings is 1. The van der Waals surface area contributed by atoms with Crippen LogP contribution in [0.3, 0.4) is 0 Å². The first-order chi connectivity index (χ1) is 4.18. The Labute approximate surface area is 94.8 Å². The molecule has 1 heterocycles. The molecule has 0 amide bonds. The number of rotatable bonds is 0. The summed E-state index contributed by atoms with van der Waals surface area (Å²) in [5.41, 5.74) is 0. The van der Waals surface area contributed by atoms with Gasteiger partial charge in [-0.3, -0.25) is 4.98 Å². The van der Waals surface area contributed by atoms with Gasteiger partial charge in [-0.2, -0.15) is 15.7 Å². The smallest absolute Gasteiger partial charge is 0.265 e. The van der Waals surface area contributed by atoms with Crippen LogP contribution in [0.1, 0.15) is 0 Å². The molecule has 5 heteroatoms. The molecule has 0 N–H and O–H groups in total. The van der Waals surface area contributed by atoms with E-state index >= 15 is 0 Å². The molecule has 0 fully saturated rings. The Morgan fingerprint density at radius 1 is 1.50 bits per heavy atom. The SMILES string of the molecule is Clc1[c-]c(I)cc(Cl)n1.[Li+]. The Kier molecular flexibility index (Phi) is 5.35. The third-order valence-electron chi connectivity index (χ3n) is 0.673. The maximum absolute atomic E-state index is 5.53. The van der Waals surface area contributed by atoms with Gasteiger partial charge in [0.05, 0.1) is 0 Å². The molecule has 1 aromatic heterocycles. The van der Waals surface area contributed by atoms with Crippen molar-refractivity contribution in [3.63, 3.8) is 0 Å². The summed E-state index contributed by atoms with van der Waals surface area (Å²) in [4.78, 5) is 3.70. The van der Waals surface area contributed by atoms with Crippen molar-refractivity contribution in [3.8, 4) is 0 Å². The quantitative estimate of drug-likeness (QED) is 0.277. The van der Waals surface area contributed by atoms with E-state index in [2.05, 4.69) is 33.6 Å². The average molecular weight is 280 g/mol. The van der Waals surface area contributed by atoms with Crippen LogP contribution in [0.25, 0.3) is 0 Å². The Morgan fingerprint density at radius 3 is 2.50 bits per heavy atom. The van der Waals surface area contributed by atoms with Crippen molar-refractivity contribution in [2.45, 2.75) is 0 Å². The van der Waals surface area contributed by atoms with E-state index < -0.39 is 0 Å². The first-order valence-corrected chi connectivity index (χ1v) is 3.93. The number of hydrogen-bond acceptors (Lipinski definition) is 1. The molecule has 0 spiro atoms. The predicted molar refractivity (Wildman–Crippen MR) is 45.8 cm³/mol. The van der Waals surface area contributed by atoms with Gasteiger partial charge in [0.25, 0.3) is 0 Å². The summed E-state index contributed by atoms with van der Waals surface area (Å²) < 4.78 is 0.873. The zero-order chi connectivity index (χ0) is 6.85. The zero-order valence-electron chi connectivity index (χ0n) is 5.16. The molecule has 0 radical (unpaired) electrons. The second-order valence-corrected chi connectivity index (χ2v) is 3.25. The van der Waals surface area contributed by atoms with Crippen LogP contribution >= 0.6 is 45.8 Å². The predicted octanol–water partition coefficient (Wildman–Crippen LogP) is -0.203. The first kappa shape index (κ1) is 11.1. The molecule has 1 aromatic rings. The average Bonchev–Trinajstić information content (AvgIpc) is 1.59. The molecule has 0 saturated carbocycles. The van der Waals surface area contributed by atoms with Gasteiger partial charge in [-0.25, -0.2) is 0 Å². The molecule has 0 atom stereocenters. The summed E-state index contributed by atoms with van der Waals surface area (Å²) in [5, 5.41) is 0.718. The van der Waals surface area contributed by atoms with Gasteiger partial charge in [0.2, 0.25) is 0 Å². The van der Waals surface area contributed by atoms with Crippen molar-refractivity contribution < 1.29 is 18.9 Å². The molecule has 0 aliphatic carbocycles. The second kappa shape index (κ2) is 4.84. The third-order valence-corrected chi connectivity index (χ3v) is 1.63. The van der Waals surface area contributed by atoms with E-state index in [0.29, 0.717) is 10.3 Å². The fraction of sp³-hybridized carbons (Fsp3) is 0. The van der Waals surface area contributed by atoms with Crippen molar-refractivity contribution in [2.75, 3.05) is 0 Å². The van der Waals surface area contributed by atoms with E-state index in [0.717, 1.165) is 3.57 Å². The van der Waals surface area contributed by atoms with Gasteiger partial charge < -0.3 is 0 Å². The molecule has 0 aromatic carbocycles. The minimum atomic E-state index is 0. The minimum Gasteiger partial charge on any atom is -0.265 e. The van der Waals surface area contributed by atoms with E-state index in [1.807, 2.05) is 0 Å². The maximum Gasteiger partial charge on any atom is 1.00 e. The minimum absolute atomic E-state index is 0. The van der Waals surface area contributed by atoms with Crippen molar-refractivity contribution in [1.82, 2.24) is 4.98 Å². The van der Waals surface area contributed by atoms with Gasteiger partial charge in [-0.1, -0.05) is 45.8 Å². The number of hydrogen-bond donors (Lipinski definition) is 0. The van der Waals surface area contributed by atoms with E-state index in [4.69, 9.17) is 23.2 Å². The molecule has 48 valence electrons. The van der Waals surface area contributed by atoms with E-state index in [9.17, 15) is 0 Å². The number of nitrogens with zero attached hydrogens (tertiary/aromatic N) is 1. The second-order valence-electron chi connectivity index (χ2n) is 1.34. The van der Waals surface area contributed by atoms with Crippen LogP contribution in [0, 0.1) is 9.64 Å².